The predicted octanol–water partition coefficient (Wildman–Crippen LogP) is 2.72. The van der Waals surface area contributed by atoms with Crippen LogP contribution in [0.25, 0.3) is 5.69 Å². The summed E-state index contributed by atoms with van der Waals surface area (Å²) in [5, 5.41) is 11.0. The molecule has 144 valence electrons. The van der Waals surface area contributed by atoms with E-state index in [0.29, 0.717) is 35.7 Å². The zero-order valence-corrected chi connectivity index (χ0v) is 15.8. The van der Waals surface area contributed by atoms with E-state index in [1.54, 1.807) is 29.6 Å². The molecule has 3 heterocycles. The number of nitrogens with zero attached hydrogens (tertiary/aromatic N) is 4. The highest BCUT2D eigenvalue weighted by molar-refractivity contribution is 6.02. The molecule has 4 rings (SSSR count). The number of aromatic nitrogens is 3. The Labute approximate surface area is 162 Å². The Hall–Kier alpha value is -3.42. The summed E-state index contributed by atoms with van der Waals surface area (Å²) >= 11 is 0. The second-order valence-corrected chi connectivity index (χ2v) is 6.85. The Kier molecular flexibility index (Phi) is 4.68. The maximum Gasteiger partial charge on any atom is 0.260 e. The number of anilines is 1. The van der Waals surface area contributed by atoms with Crippen LogP contribution >= 0.6 is 0 Å². The van der Waals surface area contributed by atoms with E-state index in [4.69, 9.17) is 4.52 Å². The summed E-state index contributed by atoms with van der Waals surface area (Å²) in [6, 6.07) is 8.75. The highest BCUT2D eigenvalue weighted by Crippen LogP contribution is 2.24. The van der Waals surface area contributed by atoms with Gasteiger partial charge in [0.15, 0.2) is 0 Å². The van der Waals surface area contributed by atoms with Gasteiger partial charge < -0.3 is 14.7 Å². The molecule has 2 aromatic heterocycles. The molecule has 0 unspecified atom stereocenters. The van der Waals surface area contributed by atoms with Crippen LogP contribution in [-0.4, -0.2) is 44.2 Å². The molecule has 1 atom stereocenters. The van der Waals surface area contributed by atoms with Crippen molar-refractivity contribution < 1.29 is 14.1 Å². The number of hydrogen-bond acceptors (Lipinski definition) is 5. The Bertz CT molecular complexity index is 989. The van der Waals surface area contributed by atoms with E-state index >= 15 is 0 Å². The third kappa shape index (κ3) is 3.28. The maximum absolute atomic E-state index is 13.0. The molecular formula is C20H21N5O3. The van der Waals surface area contributed by atoms with E-state index in [0.717, 1.165) is 12.1 Å². The van der Waals surface area contributed by atoms with Crippen LogP contribution in [0.2, 0.25) is 0 Å². The SMILES string of the molecule is Cc1noc(C)c1C(=O)N1CCC[C@H]1C(=O)Nc1cccc(-n2cccn2)c1. The summed E-state index contributed by atoms with van der Waals surface area (Å²) in [4.78, 5) is 27.5. The largest absolute Gasteiger partial charge is 0.361 e. The normalized spacial score (nSPS) is 16.4. The van der Waals surface area contributed by atoms with Crippen LogP contribution in [0.4, 0.5) is 5.69 Å². The molecule has 28 heavy (non-hydrogen) atoms. The average molecular weight is 379 g/mol. The van der Waals surface area contributed by atoms with E-state index in [1.165, 1.54) is 0 Å². The lowest BCUT2D eigenvalue weighted by Gasteiger charge is -2.24. The van der Waals surface area contributed by atoms with Crippen molar-refractivity contribution in [3.63, 3.8) is 0 Å². The smallest absolute Gasteiger partial charge is 0.260 e. The lowest BCUT2D eigenvalue weighted by atomic mass is 10.1. The van der Waals surface area contributed by atoms with Gasteiger partial charge in [-0.3, -0.25) is 9.59 Å². The first-order valence-corrected chi connectivity index (χ1v) is 9.19. The Morgan fingerprint density at radius 1 is 1.25 bits per heavy atom. The zero-order chi connectivity index (χ0) is 19.7. The van der Waals surface area contributed by atoms with Gasteiger partial charge in [0.2, 0.25) is 5.91 Å². The summed E-state index contributed by atoms with van der Waals surface area (Å²) in [6.07, 6.45) is 4.93. The van der Waals surface area contributed by atoms with Gasteiger partial charge in [-0.05, 0) is 51.0 Å². The molecule has 1 aliphatic heterocycles. The van der Waals surface area contributed by atoms with E-state index < -0.39 is 6.04 Å². The first-order valence-electron chi connectivity index (χ1n) is 9.19. The van der Waals surface area contributed by atoms with Crippen molar-refractivity contribution >= 4 is 17.5 Å². The molecule has 0 saturated carbocycles. The van der Waals surface area contributed by atoms with Crippen molar-refractivity contribution in [1.82, 2.24) is 19.8 Å². The standard InChI is InChI=1S/C20H21N5O3/c1-13-18(14(2)28-23-13)20(27)24-10-4-8-17(24)19(26)22-15-6-3-7-16(12-15)25-11-5-9-21-25/h3,5-7,9,11-12,17H,4,8,10H2,1-2H3,(H,22,26)/t17-/m0/s1. The number of aryl methyl sites for hydroxylation is 2. The van der Waals surface area contributed by atoms with Crippen LogP contribution < -0.4 is 5.32 Å². The minimum Gasteiger partial charge on any atom is -0.361 e. The number of rotatable bonds is 4. The highest BCUT2D eigenvalue weighted by atomic mass is 16.5. The van der Waals surface area contributed by atoms with E-state index in [1.807, 2.05) is 36.5 Å². The third-order valence-corrected chi connectivity index (χ3v) is 4.95. The van der Waals surface area contributed by atoms with Gasteiger partial charge in [0.05, 0.1) is 11.4 Å². The molecular weight excluding hydrogens is 358 g/mol. The topological polar surface area (TPSA) is 93.3 Å². The van der Waals surface area contributed by atoms with Crippen LogP contribution in [0.5, 0.6) is 0 Å². The van der Waals surface area contributed by atoms with Crippen LogP contribution in [0.1, 0.15) is 34.7 Å². The van der Waals surface area contributed by atoms with Crippen LogP contribution in [0, 0.1) is 13.8 Å². The monoisotopic (exact) mass is 379 g/mol. The molecule has 0 radical (unpaired) electrons. The van der Waals surface area contributed by atoms with Gasteiger partial charge in [0.1, 0.15) is 17.4 Å². The molecule has 1 fully saturated rings. The molecule has 0 bridgehead atoms. The second kappa shape index (κ2) is 7.30. The van der Waals surface area contributed by atoms with Crippen LogP contribution in [0.15, 0.2) is 47.2 Å². The fourth-order valence-electron chi connectivity index (χ4n) is 3.59. The molecule has 3 aromatic rings. The lowest BCUT2D eigenvalue weighted by Crippen LogP contribution is -2.43. The highest BCUT2D eigenvalue weighted by Gasteiger charge is 2.36. The van der Waals surface area contributed by atoms with E-state index in [9.17, 15) is 9.59 Å². The molecule has 8 heteroatoms. The Balaban J connectivity index is 1.52. The molecule has 1 N–H and O–H groups in total. The van der Waals surface area contributed by atoms with E-state index in [-0.39, 0.29) is 11.8 Å². The first-order chi connectivity index (χ1) is 13.5. The van der Waals surface area contributed by atoms with Crippen molar-refractivity contribution in [3.05, 3.63) is 59.7 Å². The summed E-state index contributed by atoms with van der Waals surface area (Å²) < 4.78 is 6.83. The fraction of sp³-hybridized carbons (Fsp3) is 0.300. The lowest BCUT2D eigenvalue weighted by molar-refractivity contribution is -0.119. The van der Waals surface area contributed by atoms with Crippen molar-refractivity contribution in [1.29, 1.82) is 0 Å². The predicted molar refractivity (Wildman–Crippen MR) is 102 cm³/mol. The Morgan fingerprint density at radius 3 is 2.82 bits per heavy atom. The van der Waals surface area contributed by atoms with Gasteiger partial charge in [-0.1, -0.05) is 11.2 Å². The third-order valence-electron chi connectivity index (χ3n) is 4.95. The zero-order valence-electron chi connectivity index (χ0n) is 15.8. The van der Waals surface area contributed by atoms with E-state index in [2.05, 4.69) is 15.6 Å². The maximum atomic E-state index is 13.0. The second-order valence-electron chi connectivity index (χ2n) is 6.85. The summed E-state index contributed by atoms with van der Waals surface area (Å²) in [5.74, 6) is 0.0647. The van der Waals surface area contributed by atoms with Gasteiger partial charge >= 0.3 is 0 Å². The number of carbonyl (C=O) groups is 2. The molecule has 1 saturated heterocycles. The van der Waals surface area contributed by atoms with Crippen molar-refractivity contribution in [2.75, 3.05) is 11.9 Å². The van der Waals surface area contributed by atoms with Gasteiger partial charge in [-0.15, -0.1) is 0 Å². The van der Waals surface area contributed by atoms with Gasteiger partial charge in [-0.2, -0.15) is 5.10 Å². The van der Waals surface area contributed by atoms with Gasteiger partial charge in [0.25, 0.3) is 5.91 Å². The molecule has 1 aromatic carbocycles. The molecule has 0 spiro atoms. The minimum atomic E-state index is -0.519. The van der Waals surface area contributed by atoms with Gasteiger partial charge in [-0.25, -0.2) is 4.68 Å². The fourth-order valence-corrected chi connectivity index (χ4v) is 3.59. The van der Waals surface area contributed by atoms with Crippen LogP contribution in [-0.2, 0) is 4.79 Å². The summed E-state index contributed by atoms with van der Waals surface area (Å²) in [7, 11) is 0. The average Bonchev–Trinajstić information content (AvgIpc) is 3.43. The molecule has 8 nitrogen and oxygen atoms in total. The van der Waals surface area contributed by atoms with Crippen molar-refractivity contribution in [2.24, 2.45) is 0 Å². The number of amides is 2. The minimum absolute atomic E-state index is 0.199. The number of hydrogen-bond donors (Lipinski definition) is 1. The summed E-state index contributed by atoms with van der Waals surface area (Å²) in [6.45, 7) is 3.98. The molecule has 1 aliphatic rings. The number of carbonyl (C=O) groups excluding carboxylic acids is 2. The number of benzene rings is 1. The number of nitrogens with one attached hydrogen (secondary N) is 1. The first kappa shape index (κ1) is 18.0. The van der Waals surface area contributed by atoms with Crippen molar-refractivity contribution in [3.8, 4) is 5.69 Å². The number of likely N-dealkylation sites (tertiary alicyclic amines) is 1. The molecule has 2 amide bonds. The summed E-state index contributed by atoms with van der Waals surface area (Å²) in [5.41, 5.74) is 2.49. The van der Waals surface area contributed by atoms with Crippen LogP contribution in [0.3, 0.4) is 0 Å². The molecule has 0 aliphatic carbocycles. The van der Waals surface area contributed by atoms with Gasteiger partial charge in [0, 0.05) is 24.6 Å². The quantitative estimate of drug-likeness (QED) is 0.752. The Morgan fingerprint density at radius 2 is 2.11 bits per heavy atom. The van der Waals surface area contributed by atoms with Crippen molar-refractivity contribution in [2.45, 2.75) is 32.7 Å².